The van der Waals surface area contributed by atoms with Gasteiger partial charge in [-0.2, -0.15) is 13.5 Å². The van der Waals surface area contributed by atoms with E-state index in [1.54, 1.807) is 23.7 Å². The van der Waals surface area contributed by atoms with Crippen molar-refractivity contribution in [2.45, 2.75) is 19.1 Å². The number of carbonyl (C=O) groups is 1. The van der Waals surface area contributed by atoms with Gasteiger partial charge >= 0.3 is 0 Å². The molecule has 1 aromatic carbocycles. The number of hydrogen-bond acceptors (Lipinski definition) is 6. The van der Waals surface area contributed by atoms with Gasteiger partial charge < -0.3 is 19.9 Å². The molecule has 170 valence electrons. The van der Waals surface area contributed by atoms with E-state index in [-0.39, 0.29) is 25.5 Å². The summed E-state index contributed by atoms with van der Waals surface area (Å²) in [4.78, 5) is 22.4. The van der Waals surface area contributed by atoms with Crippen molar-refractivity contribution in [2.24, 2.45) is 0 Å². The average molecular weight is 471 g/mol. The summed E-state index contributed by atoms with van der Waals surface area (Å²) >= 11 is 1.72. The second-order valence-electron chi connectivity index (χ2n) is 7.70. The number of carbonyl (C=O) groups excluding carboxylic acids is 1. The lowest BCUT2D eigenvalue weighted by atomic mass is 10.1. The highest BCUT2D eigenvalue weighted by Gasteiger charge is 2.25. The van der Waals surface area contributed by atoms with Crippen LogP contribution in [0.15, 0.2) is 60.2 Å². The second-order valence-corrected chi connectivity index (χ2v) is 8.68. The lowest BCUT2D eigenvalue weighted by Gasteiger charge is -2.22. The standard InChI is InChI=1S/C24H28N4O2S.H2S/c1-25-11-10-22(23-4-3-15-31-23)30-19-7-5-18(6-8-19)17-28-14-13-27(2)21-9-12-26-16-20(21)24(28)29;/h3-9,12,15-16,22,25H,10-11,13-14,17H2,1-2H3;1H2/t22-;/m0./s1. The molecule has 32 heavy (non-hydrogen) atoms. The highest BCUT2D eigenvalue weighted by atomic mass is 32.1. The highest BCUT2D eigenvalue weighted by molar-refractivity contribution is 7.59. The molecule has 0 bridgehead atoms. The third-order valence-electron chi connectivity index (χ3n) is 5.52. The highest BCUT2D eigenvalue weighted by Crippen LogP contribution is 2.29. The average Bonchev–Trinajstić information content (AvgIpc) is 3.31. The maximum absolute atomic E-state index is 13.1. The third kappa shape index (κ3) is 5.62. The Morgan fingerprint density at radius 2 is 2.00 bits per heavy atom. The monoisotopic (exact) mass is 470 g/mol. The van der Waals surface area contributed by atoms with Gasteiger partial charge in [0, 0.05) is 50.4 Å². The van der Waals surface area contributed by atoms with Gasteiger partial charge in [-0.1, -0.05) is 18.2 Å². The Bertz CT molecular complexity index is 995. The van der Waals surface area contributed by atoms with Crippen molar-refractivity contribution in [3.8, 4) is 5.75 Å². The number of thiophene rings is 1. The molecule has 1 amide bonds. The summed E-state index contributed by atoms with van der Waals surface area (Å²) in [5.41, 5.74) is 2.68. The van der Waals surface area contributed by atoms with Gasteiger partial charge in [-0.25, -0.2) is 0 Å². The van der Waals surface area contributed by atoms with E-state index in [0.717, 1.165) is 36.5 Å². The van der Waals surface area contributed by atoms with E-state index in [1.807, 2.05) is 49.3 Å². The number of hydrogen-bond donors (Lipinski definition) is 1. The molecule has 1 aliphatic rings. The first-order valence-electron chi connectivity index (χ1n) is 10.5. The van der Waals surface area contributed by atoms with Crippen molar-refractivity contribution in [2.75, 3.05) is 38.6 Å². The van der Waals surface area contributed by atoms with Crippen LogP contribution in [-0.4, -0.2) is 49.5 Å². The number of nitrogens with one attached hydrogen (secondary N) is 1. The normalized spacial score (nSPS) is 14.4. The smallest absolute Gasteiger partial charge is 0.257 e. The van der Waals surface area contributed by atoms with Crippen LogP contribution < -0.4 is 15.0 Å². The first-order chi connectivity index (χ1) is 15.2. The Hall–Kier alpha value is -2.55. The summed E-state index contributed by atoms with van der Waals surface area (Å²) in [5.74, 6) is 0.868. The summed E-state index contributed by atoms with van der Waals surface area (Å²) in [7, 11) is 3.97. The molecule has 0 unspecified atom stereocenters. The first kappa shape index (κ1) is 24.1. The number of rotatable bonds is 8. The van der Waals surface area contributed by atoms with Gasteiger partial charge in [0.05, 0.1) is 11.3 Å². The maximum atomic E-state index is 13.1. The fourth-order valence-corrected chi connectivity index (χ4v) is 4.56. The molecule has 1 N–H and O–H groups in total. The summed E-state index contributed by atoms with van der Waals surface area (Å²) < 4.78 is 6.28. The lowest BCUT2D eigenvalue weighted by molar-refractivity contribution is 0.0754. The zero-order valence-electron chi connectivity index (χ0n) is 18.5. The number of ether oxygens (including phenoxy) is 1. The number of nitrogens with zero attached hydrogens (tertiary/aromatic N) is 3. The largest absolute Gasteiger partial charge is 0.485 e. The minimum absolute atomic E-state index is 0. The Morgan fingerprint density at radius 1 is 1.19 bits per heavy atom. The molecule has 4 rings (SSSR count). The number of pyridine rings is 1. The Kier molecular flexibility index (Phi) is 8.55. The molecule has 0 spiro atoms. The number of anilines is 1. The van der Waals surface area contributed by atoms with Crippen LogP contribution in [0, 0.1) is 0 Å². The molecule has 2 aromatic heterocycles. The molecule has 0 saturated carbocycles. The van der Waals surface area contributed by atoms with Gasteiger partial charge in [0.15, 0.2) is 0 Å². The van der Waals surface area contributed by atoms with Crippen LogP contribution in [0.25, 0.3) is 0 Å². The Labute approximate surface area is 200 Å². The number of benzene rings is 1. The molecule has 1 atom stereocenters. The van der Waals surface area contributed by atoms with Crippen LogP contribution in [0.2, 0.25) is 0 Å². The summed E-state index contributed by atoms with van der Waals surface area (Å²) in [6.07, 6.45) is 4.34. The molecule has 6 nitrogen and oxygen atoms in total. The quantitative estimate of drug-likeness (QED) is 0.538. The molecule has 3 heterocycles. The van der Waals surface area contributed by atoms with Gasteiger partial charge in [-0.05, 0) is 48.8 Å². The predicted molar refractivity (Wildman–Crippen MR) is 135 cm³/mol. The fraction of sp³-hybridized carbons (Fsp3) is 0.333. The molecule has 8 heteroatoms. The number of likely N-dealkylation sites (N-methyl/N-ethyl adjacent to an activating group) is 1. The van der Waals surface area contributed by atoms with Crippen molar-refractivity contribution >= 4 is 36.4 Å². The maximum Gasteiger partial charge on any atom is 0.257 e. The van der Waals surface area contributed by atoms with Crippen LogP contribution in [0.5, 0.6) is 5.75 Å². The van der Waals surface area contributed by atoms with Crippen molar-refractivity contribution in [1.29, 1.82) is 0 Å². The Morgan fingerprint density at radius 3 is 2.72 bits per heavy atom. The van der Waals surface area contributed by atoms with Crippen molar-refractivity contribution in [1.82, 2.24) is 15.2 Å². The number of fused-ring (bicyclic) bond motifs is 1. The molecule has 0 radical (unpaired) electrons. The van der Waals surface area contributed by atoms with Gasteiger partial charge in [-0.15, -0.1) is 11.3 Å². The van der Waals surface area contributed by atoms with Gasteiger partial charge in [0.25, 0.3) is 5.91 Å². The van der Waals surface area contributed by atoms with E-state index in [1.165, 1.54) is 4.88 Å². The topological polar surface area (TPSA) is 57.7 Å². The van der Waals surface area contributed by atoms with Crippen LogP contribution in [0.4, 0.5) is 5.69 Å². The minimum Gasteiger partial charge on any atom is -0.485 e. The third-order valence-corrected chi connectivity index (χ3v) is 6.49. The van der Waals surface area contributed by atoms with Crippen molar-refractivity contribution < 1.29 is 9.53 Å². The molecule has 0 fully saturated rings. The zero-order chi connectivity index (χ0) is 21.6. The van der Waals surface area contributed by atoms with E-state index >= 15 is 0 Å². The van der Waals surface area contributed by atoms with Gasteiger partial charge in [0.2, 0.25) is 0 Å². The lowest BCUT2D eigenvalue weighted by Crippen LogP contribution is -2.33. The fourth-order valence-electron chi connectivity index (χ4n) is 3.77. The van der Waals surface area contributed by atoms with Crippen LogP contribution >= 0.6 is 24.8 Å². The molecular weight excluding hydrogens is 440 g/mol. The van der Waals surface area contributed by atoms with Crippen LogP contribution in [0.1, 0.15) is 33.3 Å². The molecule has 0 aliphatic carbocycles. The van der Waals surface area contributed by atoms with E-state index in [9.17, 15) is 4.79 Å². The molecule has 3 aromatic rings. The Balaban J connectivity index is 0.00000289. The van der Waals surface area contributed by atoms with E-state index < -0.39 is 0 Å². The van der Waals surface area contributed by atoms with E-state index in [4.69, 9.17) is 4.74 Å². The number of aromatic nitrogens is 1. The van der Waals surface area contributed by atoms with E-state index in [0.29, 0.717) is 18.7 Å². The van der Waals surface area contributed by atoms with Crippen molar-refractivity contribution in [3.63, 3.8) is 0 Å². The van der Waals surface area contributed by atoms with Crippen molar-refractivity contribution in [3.05, 3.63) is 76.2 Å². The first-order valence-corrected chi connectivity index (χ1v) is 11.4. The molecule has 1 aliphatic heterocycles. The van der Waals surface area contributed by atoms with E-state index in [2.05, 4.69) is 32.7 Å². The minimum atomic E-state index is 0. The van der Waals surface area contributed by atoms with Crippen LogP contribution in [-0.2, 0) is 6.54 Å². The second kappa shape index (κ2) is 11.4. The summed E-state index contributed by atoms with van der Waals surface area (Å²) in [6.45, 7) is 2.92. The summed E-state index contributed by atoms with van der Waals surface area (Å²) in [5, 5.41) is 5.28. The van der Waals surface area contributed by atoms with Gasteiger partial charge in [-0.3, -0.25) is 9.78 Å². The van der Waals surface area contributed by atoms with Gasteiger partial charge in [0.1, 0.15) is 11.9 Å². The SMILES string of the molecule is CNCC[C@H](Oc1ccc(CN2CCN(C)c3ccncc3C2=O)cc1)c1cccs1.S. The molecular formula is C24H30N4O2S2. The summed E-state index contributed by atoms with van der Waals surface area (Å²) in [6, 6.07) is 14.2. The number of amides is 1. The zero-order valence-corrected chi connectivity index (χ0v) is 20.3. The van der Waals surface area contributed by atoms with Crippen LogP contribution in [0.3, 0.4) is 0 Å². The molecule has 0 saturated heterocycles. The predicted octanol–water partition coefficient (Wildman–Crippen LogP) is 4.08.